The van der Waals surface area contributed by atoms with Crippen molar-refractivity contribution in [3.63, 3.8) is 0 Å². The molecule has 0 radical (unpaired) electrons. The SMILES string of the molecule is O=C(c1cn(Cc2cccc(Cl)c2)nn1)N1CCCC(COc2cccc(F)c2)C1. The summed E-state index contributed by atoms with van der Waals surface area (Å²) in [5, 5.41) is 8.79. The van der Waals surface area contributed by atoms with Crippen LogP contribution in [0.5, 0.6) is 5.75 Å². The van der Waals surface area contributed by atoms with E-state index < -0.39 is 0 Å². The van der Waals surface area contributed by atoms with E-state index in [1.54, 1.807) is 27.9 Å². The van der Waals surface area contributed by atoms with Crippen LogP contribution in [0.2, 0.25) is 5.02 Å². The lowest BCUT2D eigenvalue weighted by Gasteiger charge is -2.32. The van der Waals surface area contributed by atoms with Gasteiger partial charge in [-0.15, -0.1) is 5.10 Å². The van der Waals surface area contributed by atoms with Crippen LogP contribution < -0.4 is 4.74 Å². The number of carbonyl (C=O) groups is 1. The Labute approximate surface area is 179 Å². The maximum absolute atomic E-state index is 13.3. The maximum Gasteiger partial charge on any atom is 0.276 e. The number of aromatic nitrogens is 3. The second-order valence-electron chi connectivity index (χ2n) is 7.46. The normalized spacial score (nSPS) is 16.5. The van der Waals surface area contributed by atoms with Crippen molar-refractivity contribution in [3.05, 3.63) is 76.8 Å². The Balaban J connectivity index is 1.34. The largest absolute Gasteiger partial charge is 0.493 e. The molecule has 0 saturated carbocycles. The summed E-state index contributed by atoms with van der Waals surface area (Å²) >= 11 is 6.02. The molecule has 4 rings (SSSR count). The van der Waals surface area contributed by atoms with Crippen LogP contribution in [0.3, 0.4) is 0 Å². The van der Waals surface area contributed by atoms with Crippen molar-refractivity contribution in [3.8, 4) is 5.75 Å². The van der Waals surface area contributed by atoms with Gasteiger partial charge in [0.1, 0.15) is 11.6 Å². The molecule has 1 amide bonds. The van der Waals surface area contributed by atoms with Gasteiger partial charge in [0.25, 0.3) is 5.91 Å². The number of carbonyl (C=O) groups excluding carboxylic acids is 1. The minimum absolute atomic E-state index is 0.136. The van der Waals surface area contributed by atoms with Gasteiger partial charge in [-0.1, -0.05) is 35.0 Å². The summed E-state index contributed by atoms with van der Waals surface area (Å²) in [5.41, 5.74) is 1.31. The van der Waals surface area contributed by atoms with E-state index in [0.717, 1.165) is 18.4 Å². The third-order valence-corrected chi connectivity index (χ3v) is 5.31. The van der Waals surface area contributed by atoms with Crippen molar-refractivity contribution < 1.29 is 13.9 Å². The Hall–Kier alpha value is -2.93. The lowest BCUT2D eigenvalue weighted by Crippen LogP contribution is -2.41. The van der Waals surface area contributed by atoms with Crippen LogP contribution in [0.4, 0.5) is 4.39 Å². The lowest BCUT2D eigenvalue weighted by atomic mass is 9.98. The van der Waals surface area contributed by atoms with Gasteiger partial charge >= 0.3 is 0 Å². The first-order chi connectivity index (χ1) is 14.6. The van der Waals surface area contributed by atoms with Crippen LogP contribution in [-0.2, 0) is 6.54 Å². The highest BCUT2D eigenvalue weighted by atomic mass is 35.5. The molecule has 1 unspecified atom stereocenters. The molecule has 1 aromatic heterocycles. The van der Waals surface area contributed by atoms with Gasteiger partial charge in [-0.2, -0.15) is 0 Å². The van der Waals surface area contributed by atoms with Crippen LogP contribution in [-0.4, -0.2) is 45.5 Å². The molecule has 6 nitrogen and oxygen atoms in total. The van der Waals surface area contributed by atoms with Gasteiger partial charge in [0.05, 0.1) is 19.3 Å². The third kappa shape index (κ3) is 5.16. The molecule has 8 heteroatoms. The van der Waals surface area contributed by atoms with Crippen molar-refractivity contribution in [1.82, 2.24) is 19.9 Å². The Morgan fingerprint density at radius 3 is 2.93 bits per heavy atom. The van der Waals surface area contributed by atoms with Gasteiger partial charge in [0.15, 0.2) is 5.69 Å². The molecule has 156 valence electrons. The van der Waals surface area contributed by atoms with E-state index in [1.165, 1.54) is 12.1 Å². The second-order valence-corrected chi connectivity index (χ2v) is 7.90. The van der Waals surface area contributed by atoms with Crippen molar-refractivity contribution in [2.24, 2.45) is 5.92 Å². The molecular weight excluding hydrogens is 407 g/mol. The van der Waals surface area contributed by atoms with Gasteiger partial charge in [0.2, 0.25) is 0 Å². The molecule has 2 heterocycles. The van der Waals surface area contributed by atoms with E-state index in [4.69, 9.17) is 16.3 Å². The predicted octanol–water partition coefficient (Wildman–Crippen LogP) is 4.05. The molecular formula is C22H22ClFN4O2. The molecule has 1 aliphatic rings. The van der Waals surface area contributed by atoms with Crippen molar-refractivity contribution in [2.45, 2.75) is 19.4 Å². The first-order valence-corrected chi connectivity index (χ1v) is 10.3. The Morgan fingerprint density at radius 1 is 1.23 bits per heavy atom. The number of amides is 1. The number of rotatable bonds is 6. The number of benzene rings is 2. The van der Waals surface area contributed by atoms with Gasteiger partial charge < -0.3 is 9.64 Å². The molecule has 0 aliphatic carbocycles. The van der Waals surface area contributed by atoms with Gasteiger partial charge in [-0.25, -0.2) is 9.07 Å². The fourth-order valence-corrected chi connectivity index (χ4v) is 3.83. The monoisotopic (exact) mass is 428 g/mol. The summed E-state index contributed by atoms with van der Waals surface area (Å²) in [5.74, 6) is 0.228. The van der Waals surface area contributed by atoms with Crippen molar-refractivity contribution in [1.29, 1.82) is 0 Å². The average molecular weight is 429 g/mol. The van der Waals surface area contributed by atoms with Gasteiger partial charge in [-0.3, -0.25) is 4.79 Å². The third-order valence-electron chi connectivity index (χ3n) is 5.08. The highest BCUT2D eigenvalue weighted by Crippen LogP contribution is 2.21. The summed E-state index contributed by atoms with van der Waals surface area (Å²) < 4.78 is 20.6. The number of hydrogen-bond acceptors (Lipinski definition) is 4. The van der Waals surface area contributed by atoms with Crippen LogP contribution >= 0.6 is 11.6 Å². The number of nitrogens with zero attached hydrogens (tertiary/aromatic N) is 4. The summed E-state index contributed by atoms with van der Waals surface area (Å²) in [6.45, 7) is 2.19. The zero-order chi connectivity index (χ0) is 20.9. The van der Waals surface area contributed by atoms with Crippen molar-refractivity contribution in [2.75, 3.05) is 19.7 Å². The molecule has 1 atom stereocenters. The Kier molecular flexibility index (Phi) is 6.28. The van der Waals surface area contributed by atoms with Crippen LogP contribution in [0.25, 0.3) is 0 Å². The summed E-state index contributed by atoms with van der Waals surface area (Å²) in [6.07, 6.45) is 3.51. The number of likely N-dealkylation sites (tertiary alicyclic amines) is 1. The number of hydrogen-bond donors (Lipinski definition) is 0. The molecule has 1 fully saturated rings. The molecule has 30 heavy (non-hydrogen) atoms. The molecule has 3 aromatic rings. The molecule has 0 spiro atoms. The molecule has 1 saturated heterocycles. The highest BCUT2D eigenvalue weighted by molar-refractivity contribution is 6.30. The quantitative estimate of drug-likeness (QED) is 0.594. The van der Waals surface area contributed by atoms with Crippen molar-refractivity contribution >= 4 is 17.5 Å². The highest BCUT2D eigenvalue weighted by Gasteiger charge is 2.26. The fourth-order valence-electron chi connectivity index (χ4n) is 3.61. The summed E-state index contributed by atoms with van der Waals surface area (Å²) in [4.78, 5) is 14.7. The Morgan fingerprint density at radius 2 is 2.10 bits per heavy atom. The number of ether oxygens (including phenoxy) is 1. The fraction of sp³-hybridized carbons (Fsp3) is 0.318. The first kappa shape index (κ1) is 20.3. The van der Waals surface area contributed by atoms with E-state index in [0.29, 0.717) is 42.7 Å². The zero-order valence-electron chi connectivity index (χ0n) is 16.4. The lowest BCUT2D eigenvalue weighted by molar-refractivity contribution is 0.0627. The number of piperidine rings is 1. The van der Waals surface area contributed by atoms with E-state index in [2.05, 4.69) is 10.3 Å². The molecule has 1 aliphatic heterocycles. The first-order valence-electron chi connectivity index (χ1n) is 9.89. The van der Waals surface area contributed by atoms with Gasteiger partial charge in [-0.05, 0) is 42.7 Å². The van der Waals surface area contributed by atoms with E-state index in [-0.39, 0.29) is 17.6 Å². The summed E-state index contributed by atoms with van der Waals surface area (Å²) in [6, 6.07) is 13.6. The van der Waals surface area contributed by atoms with Crippen LogP contribution in [0.15, 0.2) is 54.7 Å². The van der Waals surface area contributed by atoms with Gasteiger partial charge in [0, 0.05) is 30.1 Å². The van der Waals surface area contributed by atoms with Crippen LogP contribution in [0, 0.1) is 11.7 Å². The average Bonchev–Trinajstić information content (AvgIpc) is 3.20. The molecule has 0 bridgehead atoms. The molecule has 2 aromatic carbocycles. The minimum atomic E-state index is -0.325. The number of halogens is 2. The minimum Gasteiger partial charge on any atom is -0.493 e. The van der Waals surface area contributed by atoms with Crippen LogP contribution in [0.1, 0.15) is 28.9 Å². The second kappa shape index (κ2) is 9.26. The zero-order valence-corrected chi connectivity index (χ0v) is 17.1. The standard InChI is InChI=1S/C22H22ClFN4O2/c23-18-6-1-4-16(10-18)13-28-14-21(25-26-28)22(29)27-9-3-5-17(12-27)15-30-20-8-2-7-19(24)11-20/h1-2,4,6-8,10-11,14,17H,3,5,9,12-13,15H2. The smallest absolute Gasteiger partial charge is 0.276 e. The van der Waals surface area contributed by atoms with E-state index in [9.17, 15) is 9.18 Å². The van der Waals surface area contributed by atoms with E-state index >= 15 is 0 Å². The predicted molar refractivity (Wildman–Crippen MR) is 111 cm³/mol. The van der Waals surface area contributed by atoms with E-state index in [1.807, 2.05) is 24.3 Å². The molecule has 0 N–H and O–H groups in total. The Bertz CT molecular complexity index is 1030. The maximum atomic E-state index is 13.3. The summed E-state index contributed by atoms with van der Waals surface area (Å²) in [7, 11) is 0. The topological polar surface area (TPSA) is 60.2 Å².